The lowest BCUT2D eigenvalue weighted by atomic mass is 9.78. The summed E-state index contributed by atoms with van der Waals surface area (Å²) in [7, 11) is 0. The van der Waals surface area contributed by atoms with Crippen LogP contribution >= 0.6 is 11.6 Å². The van der Waals surface area contributed by atoms with Crippen LogP contribution in [0.5, 0.6) is 0 Å². The van der Waals surface area contributed by atoms with Crippen molar-refractivity contribution < 1.29 is 4.74 Å². The third-order valence-electron chi connectivity index (χ3n) is 5.15. The van der Waals surface area contributed by atoms with Crippen molar-refractivity contribution in [2.24, 2.45) is 5.41 Å². The van der Waals surface area contributed by atoms with Crippen molar-refractivity contribution in [3.8, 4) is 12.0 Å². The van der Waals surface area contributed by atoms with Gasteiger partial charge in [-0.15, -0.1) is 0 Å². The van der Waals surface area contributed by atoms with Gasteiger partial charge < -0.3 is 9.64 Å². The number of hydrogen-bond acceptors (Lipinski definition) is 6. The van der Waals surface area contributed by atoms with Gasteiger partial charge in [0, 0.05) is 36.8 Å². The van der Waals surface area contributed by atoms with Crippen molar-refractivity contribution in [3.05, 3.63) is 64.6 Å². The average Bonchev–Trinajstić information content (AvgIpc) is 3.11. The van der Waals surface area contributed by atoms with Crippen LogP contribution in [0.15, 0.2) is 42.6 Å². The molecule has 0 N–H and O–H groups in total. The maximum absolute atomic E-state index is 9.05. The first kappa shape index (κ1) is 17.2. The monoisotopic (exact) mass is 392 g/mol. The SMILES string of the molecule is N#Cc1ccn(-c2nc(Cc3ccc(Cl)cc3)cc(N3CC4(COC4)C3)n2)n1. The molecule has 1 aromatic carbocycles. The van der Waals surface area contributed by atoms with E-state index in [0.717, 1.165) is 43.4 Å². The van der Waals surface area contributed by atoms with Gasteiger partial charge in [0.2, 0.25) is 0 Å². The molecule has 2 fully saturated rings. The fourth-order valence-electron chi connectivity index (χ4n) is 3.63. The Balaban J connectivity index is 1.48. The molecule has 2 aliphatic heterocycles. The highest BCUT2D eigenvalue weighted by atomic mass is 35.5. The zero-order valence-electron chi connectivity index (χ0n) is 15.0. The quantitative estimate of drug-likeness (QED) is 0.679. The summed E-state index contributed by atoms with van der Waals surface area (Å²) in [6.07, 6.45) is 2.37. The minimum absolute atomic E-state index is 0.293. The predicted octanol–water partition coefficient (Wildman–Crippen LogP) is 2.61. The number of nitriles is 1. The zero-order chi connectivity index (χ0) is 19.1. The number of hydrogen-bond donors (Lipinski definition) is 0. The maximum atomic E-state index is 9.05. The number of benzene rings is 1. The molecule has 2 aliphatic rings. The van der Waals surface area contributed by atoms with E-state index in [4.69, 9.17) is 26.6 Å². The number of halogens is 1. The number of ether oxygens (including phenoxy) is 1. The van der Waals surface area contributed by atoms with Crippen LogP contribution in [0.1, 0.15) is 17.0 Å². The van der Waals surface area contributed by atoms with E-state index in [1.807, 2.05) is 36.4 Å². The van der Waals surface area contributed by atoms with Crippen molar-refractivity contribution in [2.45, 2.75) is 6.42 Å². The Bertz CT molecular complexity index is 1060. The summed E-state index contributed by atoms with van der Waals surface area (Å²) in [5, 5.41) is 14.0. The van der Waals surface area contributed by atoms with Gasteiger partial charge in [-0.3, -0.25) is 0 Å². The Hall–Kier alpha value is -2.95. The normalized spacial score (nSPS) is 17.1. The number of rotatable bonds is 4. The van der Waals surface area contributed by atoms with Gasteiger partial charge in [0.15, 0.2) is 5.69 Å². The van der Waals surface area contributed by atoms with Gasteiger partial charge >= 0.3 is 0 Å². The molecule has 28 heavy (non-hydrogen) atoms. The molecule has 140 valence electrons. The van der Waals surface area contributed by atoms with Crippen molar-refractivity contribution >= 4 is 17.4 Å². The molecule has 0 amide bonds. The lowest BCUT2D eigenvalue weighted by molar-refractivity contribution is -0.127. The van der Waals surface area contributed by atoms with Crippen molar-refractivity contribution in [2.75, 3.05) is 31.2 Å². The van der Waals surface area contributed by atoms with Gasteiger partial charge in [-0.2, -0.15) is 15.3 Å². The molecule has 8 heteroatoms. The van der Waals surface area contributed by atoms with Crippen LogP contribution in [0.25, 0.3) is 5.95 Å². The third kappa shape index (κ3) is 3.11. The third-order valence-corrected chi connectivity index (χ3v) is 5.41. The first-order chi connectivity index (χ1) is 13.6. The zero-order valence-corrected chi connectivity index (χ0v) is 15.8. The second-order valence-electron chi connectivity index (χ2n) is 7.43. The number of anilines is 1. The summed E-state index contributed by atoms with van der Waals surface area (Å²) in [5.41, 5.74) is 2.64. The number of aromatic nitrogens is 4. The van der Waals surface area contributed by atoms with E-state index in [0.29, 0.717) is 28.5 Å². The lowest BCUT2D eigenvalue weighted by Crippen LogP contribution is -2.66. The molecule has 0 saturated carbocycles. The standard InChI is InChI=1S/C20H17ClN6O/c21-15-3-1-14(2-4-15)7-17-8-18(26-10-20(11-26)12-28-13-20)24-19(23-17)27-6-5-16(9-22)25-27/h1-6,8H,7,10-13H2. The van der Waals surface area contributed by atoms with Crippen LogP contribution in [0.4, 0.5) is 5.82 Å². The summed E-state index contributed by atoms with van der Waals surface area (Å²) in [5.74, 6) is 1.34. The van der Waals surface area contributed by atoms with E-state index in [9.17, 15) is 0 Å². The van der Waals surface area contributed by atoms with Crippen molar-refractivity contribution in [1.82, 2.24) is 19.7 Å². The van der Waals surface area contributed by atoms with Gasteiger partial charge in [-0.1, -0.05) is 23.7 Å². The molecule has 0 radical (unpaired) electrons. The Kier molecular flexibility index (Phi) is 4.04. The first-order valence-corrected chi connectivity index (χ1v) is 9.42. The second kappa shape index (κ2) is 6.59. The van der Waals surface area contributed by atoms with E-state index in [2.05, 4.69) is 15.0 Å². The number of nitrogens with zero attached hydrogens (tertiary/aromatic N) is 6. The minimum Gasteiger partial charge on any atom is -0.380 e. The molecule has 3 aromatic rings. The summed E-state index contributed by atoms with van der Waals surface area (Å²) >= 11 is 5.99. The molecular formula is C20H17ClN6O. The van der Waals surface area contributed by atoms with Gasteiger partial charge in [-0.25, -0.2) is 9.67 Å². The first-order valence-electron chi connectivity index (χ1n) is 9.04. The highest BCUT2D eigenvalue weighted by Crippen LogP contribution is 2.39. The van der Waals surface area contributed by atoms with E-state index >= 15 is 0 Å². The summed E-state index contributed by atoms with van der Waals surface area (Å²) in [4.78, 5) is 11.6. The Labute approximate surface area is 167 Å². The summed E-state index contributed by atoms with van der Waals surface area (Å²) in [6.45, 7) is 3.52. The van der Waals surface area contributed by atoms with Gasteiger partial charge in [-0.05, 0) is 23.8 Å². The van der Waals surface area contributed by atoms with Crippen molar-refractivity contribution in [1.29, 1.82) is 5.26 Å². The molecule has 0 unspecified atom stereocenters. The summed E-state index contributed by atoms with van der Waals surface area (Å²) < 4.78 is 6.92. The largest absolute Gasteiger partial charge is 0.380 e. The second-order valence-corrected chi connectivity index (χ2v) is 7.86. The summed E-state index contributed by atoms with van der Waals surface area (Å²) in [6, 6.07) is 13.5. The Morgan fingerprint density at radius 2 is 1.93 bits per heavy atom. The molecule has 0 aliphatic carbocycles. The highest BCUT2D eigenvalue weighted by Gasteiger charge is 2.49. The van der Waals surface area contributed by atoms with Crippen molar-refractivity contribution in [3.63, 3.8) is 0 Å². The van der Waals surface area contributed by atoms with Crippen LogP contribution < -0.4 is 4.90 Å². The van der Waals surface area contributed by atoms with Crippen LogP contribution in [-0.2, 0) is 11.2 Å². The molecule has 2 saturated heterocycles. The highest BCUT2D eigenvalue weighted by molar-refractivity contribution is 6.30. The maximum Gasteiger partial charge on any atom is 0.252 e. The van der Waals surface area contributed by atoms with Gasteiger partial charge in [0.25, 0.3) is 5.95 Å². The molecule has 2 aromatic heterocycles. The fourth-order valence-corrected chi connectivity index (χ4v) is 3.76. The molecule has 4 heterocycles. The molecule has 5 rings (SSSR count). The Morgan fingerprint density at radius 1 is 1.14 bits per heavy atom. The van der Waals surface area contributed by atoms with Crippen LogP contribution in [0.3, 0.4) is 0 Å². The smallest absolute Gasteiger partial charge is 0.252 e. The fraction of sp³-hybridized carbons (Fsp3) is 0.300. The predicted molar refractivity (Wildman–Crippen MR) is 104 cm³/mol. The topological polar surface area (TPSA) is 79.9 Å². The molecular weight excluding hydrogens is 376 g/mol. The average molecular weight is 393 g/mol. The molecule has 7 nitrogen and oxygen atoms in total. The minimum atomic E-state index is 0.293. The lowest BCUT2D eigenvalue weighted by Gasteiger charge is -2.55. The van der Waals surface area contributed by atoms with E-state index in [1.165, 1.54) is 0 Å². The Morgan fingerprint density at radius 3 is 2.57 bits per heavy atom. The van der Waals surface area contributed by atoms with E-state index < -0.39 is 0 Å². The molecule has 0 atom stereocenters. The van der Waals surface area contributed by atoms with E-state index in [-0.39, 0.29) is 0 Å². The van der Waals surface area contributed by atoms with Gasteiger partial charge in [0.05, 0.1) is 24.3 Å². The van der Waals surface area contributed by atoms with E-state index in [1.54, 1.807) is 16.9 Å². The van der Waals surface area contributed by atoms with Crippen LogP contribution in [0, 0.1) is 16.7 Å². The van der Waals surface area contributed by atoms with Crippen LogP contribution in [-0.4, -0.2) is 46.1 Å². The van der Waals surface area contributed by atoms with Gasteiger partial charge in [0.1, 0.15) is 11.9 Å². The molecule has 0 bridgehead atoms. The molecule has 1 spiro atoms. The van der Waals surface area contributed by atoms with Crippen LogP contribution in [0.2, 0.25) is 5.02 Å².